The predicted molar refractivity (Wildman–Crippen MR) is 127 cm³/mol. The molecule has 2 aromatic rings. The van der Waals surface area contributed by atoms with Crippen molar-refractivity contribution in [2.75, 3.05) is 0 Å². The highest BCUT2D eigenvalue weighted by Crippen LogP contribution is 2.40. The van der Waals surface area contributed by atoms with Gasteiger partial charge in [-0.05, 0) is 48.9 Å². The molecule has 0 N–H and O–H groups in total. The van der Waals surface area contributed by atoms with Crippen LogP contribution in [-0.4, -0.2) is 36.2 Å². The van der Waals surface area contributed by atoms with Crippen LogP contribution in [0.15, 0.2) is 72.9 Å². The van der Waals surface area contributed by atoms with Crippen LogP contribution in [-0.2, 0) is 19.2 Å². The summed E-state index contributed by atoms with van der Waals surface area (Å²) in [7, 11) is 0. The van der Waals surface area contributed by atoms with Crippen LogP contribution in [0.1, 0.15) is 13.8 Å². The Bertz CT molecular complexity index is 1370. The van der Waals surface area contributed by atoms with E-state index < -0.39 is 70.4 Å². The minimum Gasteiger partial charge on any atom is -0.419 e. The van der Waals surface area contributed by atoms with Crippen LogP contribution in [0.25, 0.3) is 10.8 Å². The molecule has 0 aromatic heterocycles. The molecule has 0 radical (unpaired) electrons. The van der Waals surface area contributed by atoms with Gasteiger partial charge in [0.1, 0.15) is 11.1 Å². The number of fused-ring (bicyclic) bond motifs is 1. The first-order chi connectivity index (χ1) is 18.2. The van der Waals surface area contributed by atoms with Crippen LogP contribution >= 0.6 is 0 Å². The summed E-state index contributed by atoms with van der Waals surface area (Å²) in [6, 6.07) is 3.62. The molecule has 0 fully saturated rings. The summed E-state index contributed by atoms with van der Waals surface area (Å²) in [5, 5.41) is -0.177. The highest BCUT2D eigenvalue weighted by Gasteiger charge is 2.39. The molecule has 0 saturated carbocycles. The monoisotopic (exact) mass is 572 g/mol. The van der Waals surface area contributed by atoms with E-state index in [-0.39, 0.29) is 21.9 Å². The molecule has 0 unspecified atom stereocenters. The first kappa shape index (κ1) is 31.3. The lowest BCUT2D eigenvalue weighted by atomic mass is 10.1. The van der Waals surface area contributed by atoms with Crippen LogP contribution in [0, 0.1) is 0 Å². The van der Waals surface area contributed by atoms with Crippen molar-refractivity contribution in [3.63, 3.8) is 0 Å². The maximum Gasteiger partial charge on any atom is 0.422 e. The Labute approximate surface area is 221 Å². The van der Waals surface area contributed by atoms with Crippen molar-refractivity contribution < 1.29 is 64.5 Å². The van der Waals surface area contributed by atoms with E-state index in [9.17, 15) is 45.5 Å². The summed E-state index contributed by atoms with van der Waals surface area (Å²) in [5.74, 6) is -8.82. The molecular formula is C26H18F6O8. The highest BCUT2D eigenvalue weighted by atomic mass is 19.4. The topological polar surface area (TPSA) is 105 Å². The van der Waals surface area contributed by atoms with E-state index in [4.69, 9.17) is 18.9 Å². The number of rotatable bonds is 8. The fourth-order valence-corrected chi connectivity index (χ4v) is 2.51. The van der Waals surface area contributed by atoms with Gasteiger partial charge in [0.15, 0.2) is 23.0 Å². The van der Waals surface area contributed by atoms with Gasteiger partial charge in [0.25, 0.3) is 0 Å². The van der Waals surface area contributed by atoms with E-state index in [0.29, 0.717) is 0 Å². The van der Waals surface area contributed by atoms with Gasteiger partial charge in [0.2, 0.25) is 0 Å². The highest BCUT2D eigenvalue weighted by molar-refractivity contribution is 5.98. The quantitative estimate of drug-likeness (QED) is 0.168. The second kappa shape index (κ2) is 11.5. The van der Waals surface area contributed by atoms with E-state index in [1.807, 2.05) is 0 Å². The molecule has 14 heteroatoms. The molecule has 8 nitrogen and oxygen atoms in total. The number of carbonyl (C=O) groups is 4. The van der Waals surface area contributed by atoms with Gasteiger partial charge >= 0.3 is 36.2 Å². The summed E-state index contributed by atoms with van der Waals surface area (Å²) in [6.07, 6.45) is -10.3. The summed E-state index contributed by atoms with van der Waals surface area (Å²) >= 11 is 0. The van der Waals surface area contributed by atoms with Crippen LogP contribution in [0.4, 0.5) is 26.3 Å². The number of benzene rings is 2. The van der Waals surface area contributed by atoms with E-state index in [1.165, 1.54) is 13.8 Å². The van der Waals surface area contributed by atoms with Crippen molar-refractivity contribution in [3.8, 4) is 23.0 Å². The Morgan fingerprint density at radius 1 is 0.525 bits per heavy atom. The summed E-state index contributed by atoms with van der Waals surface area (Å²) in [4.78, 5) is 48.3. The predicted octanol–water partition coefficient (Wildman–Crippen LogP) is 5.85. The average molecular weight is 572 g/mol. The maximum absolute atomic E-state index is 12.9. The third kappa shape index (κ3) is 7.58. The second-order valence-corrected chi connectivity index (χ2v) is 8.02. The maximum atomic E-state index is 12.9. The molecule has 0 amide bonds. The fourth-order valence-electron chi connectivity index (χ4n) is 2.51. The lowest BCUT2D eigenvalue weighted by molar-refractivity contribution is -0.144. The number of hydrogen-bond acceptors (Lipinski definition) is 8. The van der Waals surface area contributed by atoms with Gasteiger partial charge in [-0.3, -0.25) is 0 Å². The molecule has 0 aliphatic carbocycles. The molecule has 0 spiro atoms. The molecular weight excluding hydrogens is 554 g/mol. The molecule has 0 bridgehead atoms. The number of alkyl halides is 6. The fraction of sp³-hybridized carbons (Fsp3) is 0.154. The first-order valence-electron chi connectivity index (χ1n) is 10.6. The van der Waals surface area contributed by atoms with Gasteiger partial charge in [-0.15, -0.1) is 0 Å². The van der Waals surface area contributed by atoms with Crippen molar-refractivity contribution >= 4 is 34.6 Å². The Balaban J connectivity index is 2.75. The van der Waals surface area contributed by atoms with Gasteiger partial charge in [-0.1, -0.05) is 26.3 Å². The van der Waals surface area contributed by atoms with Crippen LogP contribution in [0.2, 0.25) is 0 Å². The third-order valence-electron chi connectivity index (χ3n) is 4.65. The zero-order chi connectivity index (χ0) is 30.7. The molecule has 212 valence electrons. The van der Waals surface area contributed by atoms with E-state index in [1.54, 1.807) is 0 Å². The normalized spacial score (nSPS) is 11.3. The molecule has 2 rings (SSSR count). The standard InChI is InChI=1S/C26H18F6O8/c1-11(2)21(33)37-17-7-15-8-18(38-22(34)12(3)4)20(40-24(36)14(6)26(30,31)32)10-16(15)9-19(17)39-23(35)13(5)25(27,28)29/h7-10H,1,3,5-6H2,2,4H3. The van der Waals surface area contributed by atoms with E-state index >= 15 is 0 Å². The number of ether oxygens (including phenoxy) is 4. The number of esters is 4. The third-order valence-corrected chi connectivity index (χ3v) is 4.65. The zero-order valence-electron chi connectivity index (χ0n) is 20.7. The Hall–Kier alpha value is -4.88. The Kier molecular flexibility index (Phi) is 8.99. The van der Waals surface area contributed by atoms with Crippen molar-refractivity contribution in [3.05, 3.63) is 72.9 Å². The average Bonchev–Trinajstić information content (AvgIpc) is 2.82. The number of hydrogen-bond donors (Lipinski definition) is 0. The second-order valence-electron chi connectivity index (χ2n) is 8.02. The minimum atomic E-state index is -5.17. The minimum absolute atomic E-state index is 0.0297. The van der Waals surface area contributed by atoms with Gasteiger partial charge in [0.05, 0.1) is 0 Å². The van der Waals surface area contributed by atoms with Crippen LogP contribution in [0.3, 0.4) is 0 Å². The molecule has 0 heterocycles. The first-order valence-corrected chi connectivity index (χ1v) is 10.6. The van der Waals surface area contributed by atoms with Crippen molar-refractivity contribution in [2.45, 2.75) is 26.2 Å². The van der Waals surface area contributed by atoms with Gasteiger partial charge < -0.3 is 18.9 Å². The molecule has 0 saturated heterocycles. The van der Waals surface area contributed by atoms with Gasteiger partial charge in [-0.2, -0.15) is 26.3 Å². The SMILES string of the molecule is C=C(C)C(=O)Oc1cc2cc(OC(=O)C(=C)C)c(OC(=O)C(=C)C(F)(F)F)cc2cc1OC(=O)C(=C)C(F)(F)F. The molecule has 0 aliphatic rings. The molecule has 40 heavy (non-hydrogen) atoms. The lowest BCUT2D eigenvalue weighted by Gasteiger charge is -2.16. The Morgan fingerprint density at radius 2 is 0.750 bits per heavy atom. The summed E-state index contributed by atoms with van der Waals surface area (Å²) < 4.78 is 97.0. The van der Waals surface area contributed by atoms with Crippen molar-refractivity contribution in [1.29, 1.82) is 0 Å². The van der Waals surface area contributed by atoms with Crippen molar-refractivity contribution in [1.82, 2.24) is 0 Å². The smallest absolute Gasteiger partial charge is 0.419 e. The molecule has 0 atom stereocenters. The largest absolute Gasteiger partial charge is 0.422 e. The number of halogens is 6. The summed E-state index contributed by atoms with van der Waals surface area (Å²) in [5.41, 5.74) is -4.13. The lowest BCUT2D eigenvalue weighted by Crippen LogP contribution is -2.23. The Morgan fingerprint density at radius 3 is 0.950 bits per heavy atom. The number of carbonyl (C=O) groups excluding carboxylic acids is 4. The van der Waals surface area contributed by atoms with E-state index in [0.717, 1.165) is 24.3 Å². The molecule has 0 aliphatic heterocycles. The van der Waals surface area contributed by atoms with Crippen LogP contribution in [0.5, 0.6) is 23.0 Å². The zero-order valence-corrected chi connectivity index (χ0v) is 20.7. The van der Waals surface area contributed by atoms with Crippen LogP contribution < -0.4 is 18.9 Å². The summed E-state index contributed by atoms with van der Waals surface area (Å²) in [6.45, 7) is 14.4. The van der Waals surface area contributed by atoms with Gasteiger partial charge in [-0.25, -0.2) is 19.2 Å². The molecule has 2 aromatic carbocycles. The van der Waals surface area contributed by atoms with Gasteiger partial charge in [0, 0.05) is 11.1 Å². The van der Waals surface area contributed by atoms with Crippen molar-refractivity contribution in [2.24, 2.45) is 0 Å². The van der Waals surface area contributed by atoms with E-state index in [2.05, 4.69) is 26.3 Å².